The summed E-state index contributed by atoms with van der Waals surface area (Å²) in [5.41, 5.74) is 5.62. The van der Waals surface area contributed by atoms with Crippen LogP contribution < -0.4 is 14.8 Å². The molecule has 4 nitrogen and oxygen atoms in total. The van der Waals surface area contributed by atoms with Crippen molar-refractivity contribution in [3.8, 4) is 11.5 Å². The first-order chi connectivity index (χ1) is 16.7. The first kappa shape index (κ1) is 22.3. The minimum atomic E-state index is 0.277. The van der Waals surface area contributed by atoms with Gasteiger partial charge in [-0.25, -0.2) is 0 Å². The van der Waals surface area contributed by atoms with Crippen molar-refractivity contribution in [2.24, 2.45) is 10.9 Å². The number of benzene rings is 3. The van der Waals surface area contributed by atoms with Crippen molar-refractivity contribution < 1.29 is 9.47 Å². The van der Waals surface area contributed by atoms with Gasteiger partial charge in [-0.05, 0) is 59.4 Å². The van der Waals surface area contributed by atoms with E-state index in [-0.39, 0.29) is 6.04 Å². The minimum Gasteiger partial charge on any atom is -0.493 e. The maximum Gasteiger partial charge on any atom is 0.180 e. The molecule has 34 heavy (non-hydrogen) atoms. The van der Waals surface area contributed by atoms with Crippen molar-refractivity contribution in [3.63, 3.8) is 0 Å². The second-order valence-electron chi connectivity index (χ2n) is 8.55. The highest BCUT2D eigenvalue weighted by atomic mass is 35.5. The zero-order valence-corrected chi connectivity index (χ0v) is 19.8. The fourth-order valence-corrected chi connectivity index (χ4v) is 5.16. The zero-order chi connectivity index (χ0) is 23.5. The molecule has 3 aromatic carbocycles. The Morgan fingerprint density at radius 2 is 1.97 bits per heavy atom. The summed E-state index contributed by atoms with van der Waals surface area (Å²) in [6, 6.07) is 21.1. The van der Waals surface area contributed by atoms with Crippen molar-refractivity contribution >= 4 is 29.2 Å². The lowest BCUT2D eigenvalue weighted by Crippen LogP contribution is -2.28. The maximum absolute atomic E-state index is 6.40. The van der Waals surface area contributed by atoms with Gasteiger partial charge >= 0.3 is 0 Å². The average Bonchev–Trinajstić information content (AvgIpc) is 3.37. The van der Waals surface area contributed by atoms with E-state index < -0.39 is 0 Å². The van der Waals surface area contributed by atoms with E-state index in [0.717, 1.165) is 17.7 Å². The van der Waals surface area contributed by atoms with Crippen LogP contribution in [0.3, 0.4) is 0 Å². The van der Waals surface area contributed by atoms with Gasteiger partial charge in [0.15, 0.2) is 11.5 Å². The number of hydrogen-bond donors (Lipinski definition) is 1. The molecule has 3 aromatic rings. The summed E-state index contributed by atoms with van der Waals surface area (Å²) >= 11 is 6.40. The Hall–Kier alpha value is -3.50. The van der Waals surface area contributed by atoms with Gasteiger partial charge in [0.25, 0.3) is 0 Å². The third-order valence-corrected chi connectivity index (χ3v) is 6.76. The Bertz CT molecular complexity index is 1250. The highest BCUT2D eigenvalue weighted by Gasteiger charge is 2.37. The normalized spacial score (nSPS) is 20.5. The van der Waals surface area contributed by atoms with Crippen LogP contribution in [0.15, 0.2) is 90.5 Å². The molecule has 5 rings (SSSR count). The topological polar surface area (TPSA) is 42.8 Å². The van der Waals surface area contributed by atoms with E-state index in [9.17, 15) is 0 Å². The van der Waals surface area contributed by atoms with E-state index in [0.29, 0.717) is 35.0 Å². The van der Waals surface area contributed by atoms with Gasteiger partial charge in [-0.3, -0.25) is 4.99 Å². The van der Waals surface area contributed by atoms with Gasteiger partial charge in [-0.1, -0.05) is 66.7 Å². The number of para-hydroxylation sites is 1. The second-order valence-corrected chi connectivity index (χ2v) is 8.95. The van der Waals surface area contributed by atoms with Gasteiger partial charge in [-0.15, -0.1) is 0 Å². The molecule has 0 fully saturated rings. The van der Waals surface area contributed by atoms with Crippen molar-refractivity contribution in [1.82, 2.24) is 0 Å². The Labute approximate surface area is 205 Å². The molecule has 0 radical (unpaired) electrons. The number of ether oxygens (including phenoxy) is 2. The molecule has 3 atom stereocenters. The molecule has 1 aliphatic heterocycles. The SMILES string of the molecule is C=CCOc1c(Cl)cc(C=Nc2ccc([C@@H]3Nc4ccccc4[C@H]4C=CC[C@@H]43)cc2)cc1OC. The fourth-order valence-electron chi connectivity index (χ4n) is 4.89. The van der Waals surface area contributed by atoms with Gasteiger partial charge < -0.3 is 14.8 Å². The van der Waals surface area contributed by atoms with Gasteiger partial charge in [0.2, 0.25) is 0 Å². The quantitative estimate of drug-likeness (QED) is 0.287. The Morgan fingerprint density at radius 3 is 2.76 bits per heavy atom. The molecule has 0 amide bonds. The monoisotopic (exact) mass is 470 g/mol. The predicted octanol–water partition coefficient (Wildman–Crippen LogP) is 7.49. The van der Waals surface area contributed by atoms with Gasteiger partial charge in [0.05, 0.1) is 23.9 Å². The summed E-state index contributed by atoms with van der Waals surface area (Å²) in [5.74, 6) is 2.07. The number of allylic oxidation sites excluding steroid dienone is 2. The van der Waals surface area contributed by atoms with Crippen LogP contribution in [0.4, 0.5) is 11.4 Å². The van der Waals surface area contributed by atoms with Crippen molar-refractivity contribution in [2.45, 2.75) is 18.4 Å². The van der Waals surface area contributed by atoms with Crippen LogP contribution in [0.2, 0.25) is 5.02 Å². The minimum absolute atomic E-state index is 0.277. The summed E-state index contributed by atoms with van der Waals surface area (Å²) in [6.07, 6.45) is 9.22. The standard InChI is InChI=1S/C29H27ClN2O2/c1-3-15-34-29-25(30)16-19(17-27(29)33-2)18-31-21-13-11-20(12-14-21)28-24-9-6-8-22(24)23-7-4-5-10-26(23)32-28/h3-8,10-14,16-18,22,24,28,32H,1,9,15H2,2H3/t22-,24+,28+/m1/s1. The highest BCUT2D eigenvalue weighted by molar-refractivity contribution is 6.32. The molecule has 0 saturated heterocycles. The molecule has 1 N–H and O–H groups in total. The van der Waals surface area contributed by atoms with E-state index in [1.54, 1.807) is 19.4 Å². The van der Waals surface area contributed by atoms with Crippen molar-refractivity contribution in [2.75, 3.05) is 19.0 Å². The summed E-state index contributed by atoms with van der Waals surface area (Å²) < 4.78 is 11.1. The van der Waals surface area contributed by atoms with Crippen molar-refractivity contribution in [1.29, 1.82) is 0 Å². The van der Waals surface area contributed by atoms with Crippen LogP contribution in [0.5, 0.6) is 11.5 Å². The predicted molar refractivity (Wildman–Crippen MR) is 140 cm³/mol. The number of methoxy groups -OCH3 is 1. The molecule has 0 unspecified atom stereocenters. The van der Waals surface area contributed by atoms with Crippen LogP contribution >= 0.6 is 11.6 Å². The first-order valence-electron chi connectivity index (χ1n) is 11.5. The molecular formula is C29H27ClN2O2. The first-order valence-corrected chi connectivity index (χ1v) is 11.8. The van der Waals surface area contributed by atoms with Crippen LogP contribution in [0.25, 0.3) is 0 Å². The molecule has 0 aromatic heterocycles. The van der Waals surface area contributed by atoms with Gasteiger partial charge in [0, 0.05) is 17.8 Å². The summed E-state index contributed by atoms with van der Waals surface area (Å²) in [6.45, 7) is 4.02. The molecule has 5 heteroatoms. The number of hydrogen-bond acceptors (Lipinski definition) is 4. The van der Waals surface area contributed by atoms with E-state index >= 15 is 0 Å². The molecule has 0 bridgehead atoms. The lowest BCUT2D eigenvalue weighted by molar-refractivity contribution is 0.326. The highest BCUT2D eigenvalue weighted by Crippen LogP contribution is 2.49. The smallest absolute Gasteiger partial charge is 0.180 e. The van der Waals surface area contributed by atoms with Crippen LogP contribution in [-0.4, -0.2) is 19.9 Å². The van der Waals surface area contributed by atoms with Crippen molar-refractivity contribution in [3.05, 3.63) is 107 Å². The van der Waals surface area contributed by atoms with Crippen LogP contribution in [-0.2, 0) is 0 Å². The maximum atomic E-state index is 6.40. The number of anilines is 1. The number of nitrogens with zero attached hydrogens (tertiary/aromatic N) is 1. The zero-order valence-electron chi connectivity index (χ0n) is 19.1. The largest absolute Gasteiger partial charge is 0.493 e. The lowest BCUT2D eigenvalue weighted by Gasteiger charge is -2.37. The molecule has 2 aliphatic rings. The lowest BCUT2D eigenvalue weighted by atomic mass is 9.77. The number of aliphatic imine (C=N–C) groups is 1. The number of rotatable bonds is 7. The van der Waals surface area contributed by atoms with E-state index in [1.807, 2.05) is 12.1 Å². The summed E-state index contributed by atoms with van der Waals surface area (Å²) in [4.78, 5) is 4.64. The van der Waals surface area contributed by atoms with E-state index in [2.05, 4.69) is 77.6 Å². The molecular weight excluding hydrogens is 444 g/mol. The number of halogens is 1. The number of nitrogens with one attached hydrogen (secondary N) is 1. The summed E-state index contributed by atoms with van der Waals surface area (Å²) in [7, 11) is 1.59. The Balaban J connectivity index is 1.34. The van der Waals surface area contributed by atoms with Gasteiger partial charge in [0.1, 0.15) is 6.61 Å². The molecule has 0 spiro atoms. The third-order valence-electron chi connectivity index (χ3n) is 6.48. The molecule has 1 aliphatic carbocycles. The van der Waals surface area contributed by atoms with Crippen LogP contribution in [0.1, 0.15) is 35.1 Å². The molecule has 172 valence electrons. The van der Waals surface area contributed by atoms with E-state index in [4.69, 9.17) is 21.1 Å². The number of fused-ring (bicyclic) bond motifs is 3. The Kier molecular flexibility index (Phi) is 6.41. The molecule has 0 saturated carbocycles. The third kappa shape index (κ3) is 4.34. The fraction of sp³-hybridized carbons (Fsp3) is 0.207. The van der Waals surface area contributed by atoms with Crippen LogP contribution in [0, 0.1) is 5.92 Å². The van der Waals surface area contributed by atoms with Gasteiger partial charge in [-0.2, -0.15) is 0 Å². The summed E-state index contributed by atoms with van der Waals surface area (Å²) in [5, 5.41) is 4.25. The second kappa shape index (κ2) is 9.78. The molecule has 1 heterocycles. The average molecular weight is 471 g/mol. The Morgan fingerprint density at radius 1 is 1.15 bits per heavy atom. The van der Waals surface area contributed by atoms with E-state index in [1.165, 1.54) is 16.8 Å².